The van der Waals surface area contributed by atoms with Crippen LogP contribution >= 0.6 is 0 Å². The predicted octanol–water partition coefficient (Wildman–Crippen LogP) is 8.40. The van der Waals surface area contributed by atoms with Gasteiger partial charge in [-0.25, -0.2) is 19.6 Å². The summed E-state index contributed by atoms with van der Waals surface area (Å²) in [5.41, 5.74) is 7.60. The fourth-order valence-corrected chi connectivity index (χ4v) is 8.70. The van der Waals surface area contributed by atoms with Crippen LogP contribution in [0.3, 0.4) is 0 Å². The highest BCUT2D eigenvalue weighted by Gasteiger charge is 2.37. The minimum atomic E-state index is -0.884. The molecule has 2 fully saturated rings. The molecule has 0 spiro atoms. The Labute approximate surface area is 360 Å². The van der Waals surface area contributed by atoms with Crippen molar-refractivity contribution in [1.29, 1.82) is 0 Å². The Bertz CT molecular complexity index is 2580. The minimum absolute atomic E-state index is 0.0251. The first-order chi connectivity index (χ1) is 30.1. The lowest BCUT2D eigenvalue weighted by atomic mass is 9.98. The van der Waals surface area contributed by atoms with Crippen LogP contribution in [0.2, 0.25) is 0 Å². The summed E-state index contributed by atoms with van der Waals surface area (Å²) in [6, 6.07) is 27.5. The Kier molecular flexibility index (Phi) is 12.4. The van der Waals surface area contributed by atoms with E-state index in [1.807, 2.05) is 55.4 Å². The van der Waals surface area contributed by atoms with Crippen molar-refractivity contribution in [2.24, 2.45) is 5.92 Å². The van der Waals surface area contributed by atoms with Crippen molar-refractivity contribution in [3.8, 4) is 33.6 Å². The number of nitrogens with one attached hydrogen (secondary N) is 4. The van der Waals surface area contributed by atoms with Crippen LogP contribution in [-0.4, -0.2) is 87.6 Å². The maximum atomic E-state index is 14.0. The lowest BCUT2D eigenvalue weighted by Crippen LogP contribution is -2.42. The molecule has 14 nitrogen and oxygen atoms in total. The van der Waals surface area contributed by atoms with Gasteiger partial charge in [-0.1, -0.05) is 85.3 Å². The minimum Gasteiger partial charge on any atom is -0.453 e. The van der Waals surface area contributed by atoms with Crippen LogP contribution in [0.5, 0.6) is 0 Å². The standard InChI is InChI=1S/C48H52N8O6/c1-29-8-5-9-37(22-29)43(54-48(60)62-4)46(58)56-21-7-11-41(56)45-49-27-38(52-45)32-14-12-31(13-15-32)33-16-17-35-25-36(19-18-34(35)24-33)39-28-50-44(53-39)40-10-6-20-55(40)42(57)23-30(2)26-51-47(59)61-3/h5,8-9,12-19,22,24-25,27-28,30,40-41,43H,6-7,10-11,20-21,23,26H2,1-4H3,(H,49,52)(H,50,53)(H,51,59)(H,54,60). The molecule has 2 aromatic heterocycles. The maximum Gasteiger partial charge on any atom is 0.407 e. The summed E-state index contributed by atoms with van der Waals surface area (Å²) >= 11 is 0. The molecule has 0 aliphatic carbocycles. The molecule has 8 rings (SSSR count). The lowest BCUT2D eigenvalue weighted by Gasteiger charge is -2.28. The van der Waals surface area contributed by atoms with Gasteiger partial charge in [-0.15, -0.1) is 0 Å². The van der Waals surface area contributed by atoms with Crippen molar-refractivity contribution in [2.45, 2.75) is 64.1 Å². The van der Waals surface area contributed by atoms with Crippen molar-refractivity contribution in [1.82, 2.24) is 40.4 Å². The smallest absolute Gasteiger partial charge is 0.407 e. The number of carbonyl (C=O) groups excluding carboxylic acids is 4. The summed E-state index contributed by atoms with van der Waals surface area (Å²) in [6.07, 6.45) is 6.14. The molecule has 2 aliphatic rings. The largest absolute Gasteiger partial charge is 0.453 e. The van der Waals surface area contributed by atoms with E-state index >= 15 is 0 Å². The second kappa shape index (κ2) is 18.3. The van der Waals surface area contributed by atoms with E-state index in [1.54, 1.807) is 4.90 Å². The van der Waals surface area contributed by atoms with Crippen molar-refractivity contribution < 1.29 is 28.7 Å². The second-order valence-corrected chi connectivity index (χ2v) is 16.3. The Hall–Kier alpha value is -6.96. The number of aryl methyl sites for hydroxylation is 1. The van der Waals surface area contributed by atoms with Gasteiger partial charge in [0.2, 0.25) is 5.91 Å². The molecule has 2 aliphatic heterocycles. The van der Waals surface area contributed by atoms with Gasteiger partial charge in [-0.2, -0.15) is 0 Å². The summed E-state index contributed by atoms with van der Waals surface area (Å²) < 4.78 is 9.51. The van der Waals surface area contributed by atoms with Gasteiger partial charge >= 0.3 is 12.2 Å². The molecule has 14 heteroatoms. The molecule has 4 aromatic carbocycles. The first-order valence-electron chi connectivity index (χ1n) is 21.2. The van der Waals surface area contributed by atoms with Crippen LogP contribution in [0, 0.1) is 12.8 Å². The van der Waals surface area contributed by atoms with Gasteiger partial charge in [0.1, 0.15) is 17.7 Å². The number of aromatic amines is 2. The summed E-state index contributed by atoms with van der Waals surface area (Å²) in [7, 11) is 2.61. The van der Waals surface area contributed by atoms with Crippen LogP contribution < -0.4 is 10.6 Å². The molecular formula is C48H52N8O6. The molecule has 4 N–H and O–H groups in total. The molecule has 4 atom stereocenters. The zero-order valence-electron chi connectivity index (χ0n) is 35.4. The van der Waals surface area contributed by atoms with E-state index in [4.69, 9.17) is 14.7 Å². The Morgan fingerprint density at radius 2 is 1.31 bits per heavy atom. The number of ether oxygens (including phenoxy) is 2. The number of H-pyrrole nitrogens is 2. The highest BCUT2D eigenvalue weighted by molar-refractivity contribution is 5.91. The van der Waals surface area contributed by atoms with E-state index < -0.39 is 18.2 Å². The third kappa shape index (κ3) is 9.04. The molecule has 4 heterocycles. The van der Waals surface area contributed by atoms with Crippen molar-refractivity contribution >= 4 is 34.8 Å². The molecule has 4 unspecified atom stereocenters. The number of nitrogens with zero attached hydrogens (tertiary/aromatic N) is 4. The number of alkyl carbamates (subject to hydrolysis) is 2. The number of hydrogen-bond donors (Lipinski definition) is 4. The average Bonchev–Trinajstić information content (AvgIpc) is 4.14. The summed E-state index contributed by atoms with van der Waals surface area (Å²) in [5, 5.41) is 7.63. The molecule has 0 radical (unpaired) electrons. The van der Waals surface area contributed by atoms with Gasteiger partial charge in [0.15, 0.2) is 0 Å². The number of rotatable bonds is 12. The highest BCUT2D eigenvalue weighted by Crippen LogP contribution is 2.36. The van der Waals surface area contributed by atoms with Crippen LogP contribution in [0.1, 0.15) is 79.9 Å². The summed E-state index contributed by atoms with van der Waals surface area (Å²) in [5.74, 6) is 1.31. The molecular weight excluding hydrogens is 785 g/mol. The number of hydrogen-bond acceptors (Lipinski definition) is 8. The third-order valence-corrected chi connectivity index (χ3v) is 12.0. The Morgan fingerprint density at radius 3 is 1.97 bits per heavy atom. The summed E-state index contributed by atoms with van der Waals surface area (Å²) in [4.78, 5) is 71.2. The molecule has 6 aromatic rings. The zero-order chi connectivity index (χ0) is 43.3. The molecule has 2 saturated heterocycles. The maximum absolute atomic E-state index is 14.0. The van der Waals surface area contributed by atoms with Gasteiger partial charge in [-0.3, -0.25) is 9.59 Å². The van der Waals surface area contributed by atoms with Crippen LogP contribution in [-0.2, 0) is 19.1 Å². The van der Waals surface area contributed by atoms with E-state index in [0.717, 1.165) is 81.5 Å². The SMILES string of the molecule is COC(=O)NCC(C)CC(=O)N1CCCC1c1ncc(-c2ccc3cc(-c4ccc(-c5cnc(C6CCCN6C(=O)C(NC(=O)OC)c6cccc(C)c6)[nH]5)cc4)ccc3c2)[nH]1. The first kappa shape index (κ1) is 41.8. The van der Waals surface area contributed by atoms with Crippen molar-refractivity contribution in [3.63, 3.8) is 0 Å². The average molecular weight is 837 g/mol. The number of imidazole rings is 2. The highest BCUT2D eigenvalue weighted by atomic mass is 16.5. The predicted molar refractivity (Wildman–Crippen MR) is 236 cm³/mol. The third-order valence-electron chi connectivity index (χ3n) is 12.0. The second-order valence-electron chi connectivity index (χ2n) is 16.3. The zero-order valence-corrected chi connectivity index (χ0v) is 35.4. The van der Waals surface area contributed by atoms with Crippen LogP contribution in [0.4, 0.5) is 9.59 Å². The number of carbonyl (C=O) groups is 4. The Balaban J connectivity index is 0.922. The molecule has 4 amide bonds. The number of methoxy groups -OCH3 is 2. The van der Waals surface area contributed by atoms with Gasteiger partial charge in [0.05, 0.1) is 50.1 Å². The molecule has 0 bridgehead atoms. The van der Waals surface area contributed by atoms with Gasteiger partial charge in [-0.05, 0) is 83.7 Å². The van der Waals surface area contributed by atoms with Crippen molar-refractivity contribution in [2.75, 3.05) is 33.9 Å². The van der Waals surface area contributed by atoms with E-state index in [9.17, 15) is 19.2 Å². The lowest BCUT2D eigenvalue weighted by molar-refractivity contribution is -0.135. The van der Waals surface area contributed by atoms with E-state index in [2.05, 4.69) is 86.0 Å². The number of fused-ring (bicyclic) bond motifs is 1. The fraction of sp³-hybridized carbons (Fsp3) is 0.333. The number of amides is 4. The fourth-order valence-electron chi connectivity index (χ4n) is 8.70. The number of aromatic nitrogens is 4. The van der Waals surface area contributed by atoms with E-state index in [1.165, 1.54) is 14.2 Å². The number of likely N-dealkylation sites (tertiary alicyclic amines) is 2. The van der Waals surface area contributed by atoms with Gasteiger partial charge < -0.3 is 39.9 Å². The van der Waals surface area contributed by atoms with Gasteiger partial charge in [0.25, 0.3) is 5.91 Å². The monoisotopic (exact) mass is 836 g/mol. The quantitative estimate of drug-likeness (QED) is 0.0951. The van der Waals surface area contributed by atoms with E-state index in [-0.39, 0.29) is 29.8 Å². The van der Waals surface area contributed by atoms with Crippen molar-refractivity contribution in [3.05, 3.63) is 120 Å². The summed E-state index contributed by atoms with van der Waals surface area (Å²) in [6.45, 7) is 5.50. The van der Waals surface area contributed by atoms with Crippen LogP contribution in [0.25, 0.3) is 44.4 Å². The molecule has 62 heavy (non-hydrogen) atoms. The van der Waals surface area contributed by atoms with Gasteiger partial charge in [0, 0.05) is 31.6 Å². The van der Waals surface area contributed by atoms with E-state index in [0.29, 0.717) is 37.4 Å². The number of benzene rings is 4. The normalized spacial score (nSPS) is 17.2. The Morgan fingerprint density at radius 1 is 0.726 bits per heavy atom. The molecule has 0 saturated carbocycles. The van der Waals surface area contributed by atoms with Crippen LogP contribution in [0.15, 0.2) is 97.3 Å². The first-order valence-corrected chi connectivity index (χ1v) is 21.2. The molecule has 320 valence electrons. The topological polar surface area (TPSA) is 175 Å².